The molecule has 1 saturated carbocycles. The van der Waals surface area contributed by atoms with E-state index in [1.807, 2.05) is 11.8 Å². The Morgan fingerprint density at radius 2 is 1.90 bits per heavy atom. The molecule has 122 valence electrons. The van der Waals surface area contributed by atoms with Crippen LogP contribution in [-0.2, 0) is 4.79 Å². The van der Waals surface area contributed by atoms with Gasteiger partial charge in [-0.05, 0) is 43.8 Å². The molecule has 0 aromatic heterocycles. The van der Waals surface area contributed by atoms with Gasteiger partial charge in [0.2, 0.25) is 0 Å². The van der Waals surface area contributed by atoms with Crippen molar-refractivity contribution in [1.82, 2.24) is 10.6 Å². The zero-order valence-electron chi connectivity index (χ0n) is 13.3. The Kier molecular flexibility index (Phi) is 7.35. The molecule has 0 aromatic carbocycles. The van der Waals surface area contributed by atoms with Crippen LogP contribution in [0.3, 0.4) is 0 Å². The lowest BCUT2D eigenvalue weighted by molar-refractivity contribution is -0.137. The summed E-state index contributed by atoms with van der Waals surface area (Å²) in [6.07, 6.45) is 6.14. The smallest absolute Gasteiger partial charge is 0.314 e. The number of carboxylic acid groups (broad SMARTS) is 1. The van der Waals surface area contributed by atoms with Crippen LogP contribution in [0.5, 0.6) is 0 Å². The Morgan fingerprint density at radius 1 is 1.24 bits per heavy atom. The average Bonchev–Trinajstić information content (AvgIpc) is 3.20. The fourth-order valence-corrected chi connectivity index (χ4v) is 3.11. The van der Waals surface area contributed by atoms with Gasteiger partial charge in [-0.3, -0.25) is 4.79 Å². The van der Waals surface area contributed by atoms with Crippen LogP contribution in [0.25, 0.3) is 0 Å². The molecule has 2 amide bonds. The Balaban J connectivity index is 2.17. The molecule has 1 atom stereocenters. The summed E-state index contributed by atoms with van der Waals surface area (Å²) in [5.74, 6) is 0.0148. The SMILES string of the molecule is CSC1(CNC(=O)NCCC(CCC(=O)O)C(C)C)CC1. The van der Waals surface area contributed by atoms with Crippen LogP contribution in [0.15, 0.2) is 0 Å². The van der Waals surface area contributed by atoms with Crippen molar-refractivity contribution < 1.29 is 14.7 Å². The third-order valence-corrected chi connectivity index (χ3v) is 5.70. The first-order valence-corrected chi connectivity index (χ1v) is 8.89. The van der Waals surface area contributed by atoms with Crippen LogP contribution in [-0.4, -0.2) is 41.2 Å². The molecule has 1 fully saturated rings. The number of rotatable bonds is 10. The summed E-state index contributed by atoms with van der Waals surface area (Å²) in [7, 11) is 0. The lowest BCUT2D eigenvalue weighted by Crippen LogP contribution is -2.40. The molecule has 0 radical (unpaired) electrons. The van der Waals surface area contributed by atoms with Crippen LogP contribution in [0.2, 0.25) is 0 Å². The van der Waals surface area contributed by atoms with E-state index in [1.54, 1.807) is 0 Å². The van der Waals surface area contributed by atoms with Crippen molar-refractivity contribution in [3.8, 4) is 0 Å². The first-order valence-electron chi connectivity index (χ1n) is 7.67. The Labute approximate surface area is 131 Å². The van der Waals surface area contributed by atoms with Crippen molar-refractivity contribution in [1.29, 1.82) is 0 Å². The third kappa shape index (κ3) is 7.07. The summed E-state index contributed by atoms with van der Waals surface area (Å²) in [6.45, 7) is 5.52. The van der Waals surface area contributed by atoms with Crippen LogP contribution in [0.1, 0.15) is 46.0 Å². The summed E-state index contributed by atoms with van der Waals surface area (Å²) in [5.41, 5.74) is 0. The molecule has 0 aromatic rings. The zero-order chi connectivity index (χ0) is 15.9. The molecule has 3 N–H and O–H groups in total. The molecular weight excluding hydrogens is 288 g/mol. The van der Waals surface area contributed by atoms with Crippen LogP contribution < -0.4 is 10.6 Å². The highest BCUT2D eigenvalue weighted by Gasteiger charge is 2.41. The largest absolute Gasteiger partial charge is 0.481 e. The molecule has 0 spiro atoms. The maximum atomic E-state index is 11.7. The Morgan fingerprint density at radius 3 is 2.38 bits per heavy atom. The van der Waals surface area contributed by atoms with Crippen molar-refractivity contribution >= 4 is 23.8 Å². The van der Waals surface area contributed by atoms with Gasteiger partial charge < -0.3 is 15.7 Å². The van der Waals surface area contributed by atoms with Crippen LogP contribution in [0.4, 0.5) is 4.79 Å². The molecule has 1 aliphatic carbocycles. The van der Waals surface area contributed by atoms with E-state index < -0.39 is 5.97 Å². The summed E-state index contributed by atoms with van der Waals surface area (Å²) >= 11 is 1.82. The van der Waals surface area contributed by atoms with Gasteiger partial charge in [0, 0.05) is 24.3 Å². The van der Waals surface area contributed by atoms with Gasteiger partial charge in [0.25, 0.3) is 0 Å². The van der Waals surface area contributed by atoms with Gasteiger partial charge in [-0.15, -0.1) is 0 Å². The maximum absolute atomic E-state index is 11.7. The first-order chi connectivity index (χ1) is 9.88. The minimum atomic E-state index is -0.752. The minimum Gasteiger partial charge on any atom is -0.481 e. The number of hydrogen-bond donors (Lipinski definition) is 3. The normalized spacial score (nSPS) is 17.3. The number of carbonyl (C=O) groups excluding carboxylic acids is 1. The molecule has 0 bridgehead atoms. The van der Waals surface area contributed by atoms with Crippen molar-refractivity contribution in [3.63, 3.8) is 0 Å². The maximum Gasteiger partial charge on any atom is 0.314 e. The number of carboxylic acids is 1. The summed E-state index contributed by atoms with van der Waals surface area (Å²) in [4.78, 5) is 22.4. The van der Waals surface area contributed by atoms with E-state index in [-0.39, 0.29) is 17.2 Å². The van der Waals surface area contributed by atoms with Gasteiger partial charge in [0.15, 0.2) is 0 Å². The predicted octanol–water partition coefficient (Wildman–Crippen LogP) is 2.71. The highest BCUT2D eigenvalue weighted by Crippen LogP contribution is 2.46. The van der Waals surface area contributed by atoms with Gasteiger partial charge in [-0.1, -0.05) is 13.8 Å². The second-order valence-electron chi connectivity index (χ2n) is 6.22. The molecule has 0 aliphatic heterocycles. The number of urea groups is 1. The number of nitrogens with one attached hydrogen (secondary N) is 2. The Bertz CT molecular complexity index is 357. The molecule has 1 unspecified atom stereocenters. The van der Waals surface area contributed by atoms with Crippen molar-refractivity contribution in [2.45, 2.75) is 50.7 Å². The number of hydrogen-bond acceptors (Lipinski definition) is 3. The third-order valence-electron chi connectivity index (χ3n) is 4.28. The number of carbonyl (C=O) groups is 2. The molecule has 21 heavy (non-hydrogen) atoms. The Hall–Kier alpha value is -0.910. The lowest BCUT2D eigenvalue weighted by Gasteiger charge is -2.20. The topological polar surface area (TPSA) is 78.4 Å². The second kappa shape index (κ2) is 8.51. The minimum absolute atomic E-state index is 0.115. The van der Waals surface area contributed by atoms with Crippen molar-refractivity contribution in [3.05, 3.63) is 0 Å². The molecule has 5 nitrogen and oxygen atoms in total. The quantitative estimate of drug-likeness (QED) is 0.579. The predicted molar refractivity (Wildman–Crippen MR) is 86.7 cm³/mol. The van der Waals surface area contributed by atoms with E-state index in [0.717, 1.165) is 13.0 Å². The van der Waals surface area contributed by atoms with Gasteiger partial charge in [-0.25, -0.2) is 4.79 Å². The van der Waals surface area contributed by atoms with E-state index in [1.165, 1.54) is 12.8 Å². The van der Waals surface area contributed by atoms with Gasteiger partial charge in [-0.2, -0.15) is 11.8 Å². The van der Waals surface area contributed by atoms with Crippen LogP contribution >= 0.6 is 11.8 Å². The van der Waals surface area contributed by atoms with E-state index in [0.29, 0.717) is 24.8 Å². The number of amides is 2. The molecule has 6 heteroatoms. The molecule has 1 rings (SSSR count). The molecule has 0 heterocycles. The number of thioether (sulfide) groups is 1. The first kappa shape index (κ1) is 18.1. The number of aliphatic carboxylic acids is 1. The molecule has 0 saturated heterocycles. The van der Waals surface area contributed by atoms with Crippen molar-refractivity contribution in [2.24, 2.45) is 11.8 Å². The highest BCUT2D eigenvalue weighted by atomic mass is 32.2. The van der Waals surface area contributed by atoms with E-state index in [2.05, 4.69) is 30.7 Å². The summed E-state index contributed by atoms with van der Waals surface area (Å²) in [5, 5.41) is 14.5. The van der Waals surface area contributed by atoms with Crippen LogP contribution in [0, 0.1) is 11.8 Å². The molecular formula is C15H28N2O3S. The van der Waals surface area contributed by atoms with Gasteiger partial charge in [0.1, 0.15) is 0 Å². The molecule has 1 aliphatic rings. The fraction of sp³-hybridized carbons (Fsp3) is 0.867. The fourth-order valence-electron chi connectivity index (χ4n) is 2.39. The highest BCUT2D eigenvalue weighted by molar-refractivity contribution is 8.00. The van der Waals surface area contributed by atoms with Gasteiger partial charge in [0.05, 0.1) is 0 Å². The standard InChI is InChI=1S/C15H28N2O3S/c1-11(2)12(4-5-13(18)19)6-9-16-14(20)17-10-15(21-3)7-8-15/h11-12H,4-10H2,1-3H3,(H,18,19)(H2,16,17,20). The lowest BCUT2D eigenvalue weighted by atomic mass is 9.88. The van der Waals surface area contributed by atoms with E-state index >= 15 is 0 Å². The second-order valence-corrected chi connectivity index (χ2v) is 7.50. The summed E-state index contributed by atoms with van der Waals surface area (Å²) in [6, 6.07) is -0.115. The monoisotopic (exact) mass is 316 g/mol. The van der Waals surface area contributed by atoms with E-state index in [9.17, 15) is 9.59 Å². The summed E-state index contributed by atoms with van der Waals surface area (Å²) < 4.78 is 0.277. The van der Waals surface area contributed by atoms with Gasteiger partial charge >= 0.3 is 12.0 Å². The van der Waals surface area contributed by atoms with E-state index in [4.69, 9.17) is 5.11 Å². The zero-order valence-corrected chi connectivity index (χ0v) is 14.1. The van der Waals surface area contributed by atoms with Crippen molar-refractivity contribution in [2.75, 3.05) is 19.3 Å². The average molecular weight is 316 g/mol.